The summed E-state index contributed by atoms with van der Waals surface area (Å²) in [7, 11) is 0. The van der Waals surface area contributed by atoms with E-state index in [1.54, 1.807) is 12.1 Å². The Kier molecular flexibility index (Phi) is 5.05. The molecule has 0 unspecified atom stereocenters. The van der Waals surface area contributed by atoms with Gasteiger partial charge in [0, 0.05) is 61.8 Å². The average molecular weight is 431 g/mol. The minimum Gasteiger partial charge on any atom is -0.508 e. The number of H-pyrrole nitrogens is 1. The molecule has 0 radical (unpaired) electrons. The molecule has 0 bridgehead atoms. The van der Waals surface area contributed by atoms with Crippen LogP contribution in [0.1, 0.15) is 12.0 Å². The molecule has 164 valence electrons. The van der Waals surface area contributed by atoms with Crippen molar-refractivity contribution in [1.82, 2.24) is 19.4 Å². The average Bonchev–Trinajstić information content (AvgIpc) is 3.17. The molecule has 2 aromatic carbocycles. The summed E-state index contributed by atoms with van der Waals surface area (Å²) in [6.07, 6.45) is 1.78. The van der Waals surface area contributed by atoms with Gasteiger partial charge in [-0.25, -0.2) is 4.98 Å². The van der Waals surface area contributed by atoms with Crippen molar-refractivity contribution in [3.63, 3.8) is 0 Å². The number of aromatic hydroxyl groups is 1. The maximum absolute atomic E-state index is 12.9. The van der Waals surface area contributed by atoms with Crippen molar-refractivity contribution in [2.45, 2.75) is 19.9 Å². The summed E-state index contributed by atoms with van der Waals surface area (Å²) >= 11 is 0. The number of phenolic OH excluding ortho intramolecular Hbond substituents is 1. The summed E-state index contributed by atoms with van der Waals surface area (Å²) in [5.74, 6) is 0.266. The second-order valence-corrected chi connectivity index (χ2v) is 8.28. The molecule has 1 aliphatic rings. The molecule has 3 heterocycles. The molecule has 4 aromatic rings. The molecule has 2 aromatic heterocycles. The van der Waals surface area contributed by atoms with Crippen molar-refractivity contribution in [3.05, 3.63) is 64.7 Å². The molecule has 32 heavy (non-hydrogen) atoms. The monoisotopic (exact) mass is 431 g/mol. The number of rotatable bonds is 4. The van der Waals surface area contributed by atoms with Crippen molar-refractivity contribution in [3.8, 4) is 5.75 Å². The molecule has 1 fully saturated rings. The number of fused-ring (bicyclic) bond motifs is 3. The van der Waals surface area contributed by atoms with Crippen LogP contribution in [0.15, 0.2) is 53.6 Å². The molecular formula is C24H25N5O3. The van der Waals surface area contributed by atoms with E-state index in [4.69, 9.17) is 0 Å². The lowest BCUT2D eigenvalue weighted by Gasteiger charge is -2.36. The van der Waals surface area contributed by atoms with Crippen LogP contribution in [0.3, 0.4) is 0 Å². The lowest BCUT2D eigenvalue weighted by atomic mass is 10.2. The maximum Gasteiger partial charge on any atom is 0.277 e. The number of phenols is 1. The number of piperazine rings is 1. The quantitative estimate of drug-likeness (QED) is 0.518. The predicted molar refractivity (Wildman–Crippen MR) is 124 cm³/mol. The third-order valence-electron chi connectivity index (χ3n) is 6.12. The van der Waals surface area contributed by atoms with Crippen molar-refractivity contribution < 1.29 is 9.90 Å². The molecule has 1 aliphatic heterocycles. The second-order valence-electron chi connectivity index (χ2n) is 8.28. The molecule has 2 N–H and O–H groups in total. The zero-order valence-corrected chi connectivity index (χ0v) is 17.9. The van der Waals surface area contributed by atoms with Crippen LogP contribution in [0.2, 0.25) is 0 Å². The van der Waals surface area contributed by atoms with Crippen molar-refractivity contribution in [2.24, 2.45) is 0 Å². The van der Waals surface area contributed by atoms with E-state index in [9.17, 15) is 14.7 Å². The van der Waals surface area contributed by atoms with Crippen LogP contribution < -0.4 is 10.5 Å². The van der Waals surface area contributed by atoms with Gasteiger partial charge < -0.3 is 19.9 Å². The van der Waals surface area contributed by atoms with Gasteiger partial charge in [-0.2, -0.15) is 0 Å². The van der Waals surface area contributed by atoms with Crippen LogP contribution in [0, 0.1) is 6.92 Å². The van der Waals surface area contributed by atoms with Gasteiger partial charge in [0.25, 0.3) is 5.56 Å². The number of hydrogen-bond donors (Lipinski definition) is 2. The fraction of sp³-hybridized carbons (Fsp3) is 0.292. The molecule has 1 saturated heterocycles. The molecule has 8 heteroatoms. The fourth-order valence-electron chi connectivity index (χ4n) is 4.34. The number of benzene rings is 2. The first-order valence-electron chi connectivity index (χ1n) is 10.8. The number of nitrogens with one attached hydrogen (secondary N) is 1. The minimum absolute atomic E-state index is 0.0276. The van der Waals surface area contributed by atoms with Gasteiger partial charge in [-0.15, -0.1) is 0 Å². The number of aryl methyl sites for hydroxylation is 2. The number of amides is 1. The Balaban J connectivity index is 1.25. The second kappa shape index (κ2) is 8.03. The van der Waals surface area contributed by atoms with Crippen molar-refractivity contribution in [2.75, 3.05) is 31.1 Å². The van der Waals surface area contributed by atoms with E-state index in [0.717, 1.165) is 22.2 Å². The van der Waals surface area contributed by atoms with E-state index in [-0.39, 0.29) is 23.6 Å². The highest BCUT2D eigenvalue weighted by atomic mass is 16.3. The molecule has 0 aliphatic carbocycles. The Morgan fingerprint density at radius 3 is 2.72 bits per heavy atom. The van der Waals surface area contributed by atoms with Crippen LogP contribution in [0.4, 0.5) is 5.69 Å². The molecular weight excluding hydrogens is 406 g/mol. The van der Waals surface area contributed by atoms with Crippen LogP contribution in [-0.2, 0) is 11.3 Å². The molecule has 1 amide bonds. The topological polar surface area (TPSA) is 94.5 Å². The lowest BCUT2D eigenvalue weighted by Crippen LogP contribution is -2.49. The van der Waals surface area contributed by atoms with Crippen LogP contribution in [0.5, 0.6) is 5.75 Å². The zero-order valence-electron chi connectivity index (χ0n) is 17.9. The number of hydrogen-bond acceptors (Lipinski definition) is 5. The third kappa shape index (κ3) is 3.68. The van der Waals surface area contributed by atoms with E-state index < -0.39 is 0 Å². The predicted octanol–water partition coefficient (Wildman–Crippen LogP) is 2.63. The normalized spacial score (nSPS) is 14.4. The highest BCUT2D eigenvalue weighted by Crippen LogP contribution is 2.23. The summed E-state index contributed by atoms with van der Waals surface area (Å²) in [5, 5.41) is 10.6. The van der Waals surface area contributed by atoms with Gasteiger partial charge in [0.2, 0.25) is 5.91 Å². The summed E-state index contributed by atoms with van der Waals surface area (Å²) in [4.78, 5) is 37.3. The van der Waals surface area contributed by atoms with Crippen LogP contribution >= 0.6 is 0 Å². The van der Waals surface area contributed by atoms with Crippen LogP contribution in [0.25, 0.3) is 21.9 Å². The van der Waals surface area contributed by atoms with E-state index in [1.165, 1.54) is 10.9 Å². The molecule has 5 rings (SSSR count). The molecule has 0 saturated carbocycles. The first-order valence-corrected chi connectivity index (χ1v) is 10.8. The van der Waals surface area contributed by atoms with Crippen molar-refractivity contribution in [1.29, 1.82) is 0 Å². The van der Waals surface area contributed by atoms with E-state index >= 15 is 0 Å². The third-order valence-corrected chi connectivity index (χ3v) is 6.12. The maximum atomic E-state index is 12.9. The summed E-state index contributed by atoms with van der Waals surface area (Å²) in [5.41, 5.74) is 3.93. The van der Waals surface area contributed by atoms with Gasteiger partial charge in [0.15, 0.2) is 0 Å². The Labute approximate surface area is 184 Å². The lowest BCUT2D eigenvalue weighted by molar-refractivity contribution is -0.131. The van der Waals surface area contributed by atoms with Gasteiger partial charge in [-0.3, -0.25) is 14.2 Å². The Morgan fingerprint density at radius 1 is 1.12 bits per heavy atom. The Morgan fingerprint density at radius 2 is 1.94 bits per heavy atom. The van der Waals surface area contributed by atoms with Gasteiger partial charge in [0.05, 0.1) is 6.33 Å². The molecule has 8 nitrogen and oxygen atoms in total. The van der Waals surface area contributed by atoms with E-state index in [0.29, 0.717) is 43.8 Å². The number of aromatic amines is 1. The summed E-state index contributed by atoms with van der Waals surface area (Å²) in [6.45, 7) is 4.94. The number of nitrogens with zero attached hydrogens (tertiary/aromatic N) is 4. The first kappa shape index (κ1) is 20.1. The summed E-state index contributed by atoms with van der Waals surface area (Å²) in [6, 6.07) is 13.1. The van der Waals surface area contributed by atoms with E-state index in [2.05, 4.69) is 14.9 Å². The fourth-order valence-corrected chi connectivity index (χ4v) is 4.34. The van der Waals surface area contributed by atoms with Crippen LogP contribution in [-0.4, -0.2) is 56.6 Å². The number of aromatic nitrogens is 3. The standard InChI is InChI=1S/C24H25N5O3/c1-16-5-6-20-19(13-16)22-23(26-20)24(32)29(15-25-22)8-7-21(31)28-11-9-27(10-12-28)17-3-2-4-18(30)14-17/h2-6,13-15,26,30H,7-12H2,1H3. The highest BCUT2D eigenvalue weighted by Gasteiger charge is 2.21. The zero-order chi connectivity index (χ0) is 22.2. The van der Waals surface area contributed by atoms with E-state index in [1.807, 2.05) is 42.2 Å². The number of carbonyl (C=O) groups is 1. The Bertz CT molecular complexity index is 1370. The number of carbonyl (C=O) groups excluding carboxylic acids is 1. The van der Waals surface area contributed by atoms with Crippen molar-refractivity contribution >= 4 is 33.5 Å². The minimum atomic E-state index is -0.162. The highest BCUT2D eigenvalue weighted by molar-refractivity contribution is 6.04. The van der Waals surface area contributed by atoms with Gasteiger partial charge in [-0.1, -0.05) is 17.7 Å². The van der Waals surface area contributed by atoms with Gasteiger partial charge in [0.1, 0.15) is 16.8 Å². The Hall–Kier alpha value is -3.81. The molecule has 0 atom stereocenters. The largest absolute Gasteiger partial charge is 0.508 e. The van der Waals surface area contributed by atoms with Gasteiger partial charge in [-0.05, 0) is 31.2 Å². The SMILES string of the molecule is Cc1ccc2[nH]c3c(=O)n(CCC(=O)N4CCN(c5cccc(O)c5)CC4)cnc3c2c1. The molecule has 0 spiro atoms. The summed E-state index contributed by atoms with van der Waals surface area (Å²) < 4.78 is 1.51. The first-order chi connectivity index (χ1) is 15.5. The van der Waals surface area contributed by atoms with Gasteiger partial charge >= 0.3 is 0 Å². The smallest absolute Gasteiger partial charge is 0.277 e. The number of anilines is 1.